The predicted molar refractivity (Wildman–Crippen MR) is 110 cm³/mol. The maximum Gasteiger partial charge on any atom is 0.416 e. The molecule has 0 aliphatic carbocycles. The first-order chi connectivity index (χ1) is 13.8. The second kappa shape index (κ2) is 8.82. The lowest BCUT2D eigenvalue weighted by Crippen LogP contribution is -2.30. The van der Waals surface area contributed by atoms with Gasteiger partial charge in [-0.1, -0.05) is 6.92 Å². The summed E-state index contributed by atoms with van der Waals surface area (Å²) in [5.74, 6) is -0.543. The van der Waals surface area contributed by atoms with Gasteiger partial charge in [-0.25, -0.2) is 18.8 Å². The highest BCUT2D eigenvalue weighted by Gasteiger charge is 2.31. The van der Waals surface area contributed by atoms with Crippen LogP contribution in [0.4, 0.5) is 27.6 Å². The molecule has 0 saturated heterocycles. The van der Waals surface area contributed by atoms with Gasteiger partial charge in [0.05, 0.1) is 22.8 Å². The Balaban J connectivity index is 0.00000171. The molecule has 1 aliphatic rings. The van der Waals surface area contributed by atoms with E-state index in [-0.39, 0.29) is 12.3 Å². The van der Waals surface area contributed by atoms with Crippen LogP contribution in [0, 0.1) is 5.82 Å². The van der Waals surface area contributed by atoms with Gasteiger partial charge in [-0.3, -0.25) is 4.57 Å². The summed E-state index contributed by atoms with van der Waals surface area (Å²) in [6.45, 7) is 1.86. The van der Waals surface area contributed by atoms with Gasteiger partial charge in [-0.2, -0.15) is 13.2 Å². The number of allylic oxidation sites excluding steroid dienone is 1. The Bertz CT molecular complexity index is 1120. The molecule has 1 aliphatic heterocycles. The minimum absolute atomic E-state index is 0. The van der Waals surface area contributed by atoms with Crippen molar-refractivity contribution in [2.24, 2.45) is 4.99 Å². The van der Waals surface area contributed by atoms with Crippen molar-refractivity contribution >= 4 is 22.9 Å². The molecule has 0 saturated carbocycles. The van der Waals surface area contributed by atoms with E-state index in [9.17, 15) is 22.0 Å². The Hall–Kier alpha value is -3.31. The zero-order valence-corrected chi connectivity index (χ0v) is 16.6. The number of aliphatic imine (C=N–C) groups is 1. The molecule has 6 N–H and O–H groups in total. The summed E-state index contributed by atoms with van der Waals surface area (Å²) in [5, 5.41) is 0. The number of nitrogens with zero attached hydrogens (tertiary/aromatic N) is 4. The van der Waals surface area contributed by atoms with Gasteiger partial charge in [-0.05, 0) is 42.5 Å². The average Bonchev–Trinajstić information content (AvgIpc) is 3.05. The smallest absolute Gasteiger partial charge is 0.344 e. The third-order valence-electron chi connectivity index (χ3n) is 4.61. The Labute approximate surface area is 174 Å². The average molecular weight is 440 g/mol. The highest BCUT2D eigenvalue weighted by Crippen LogP contribution is 2.35. The number of hydrogen-bond donors (Lipinski definition) is 2. The van der Waals surface area contributed by atoms with Crippen molar-refractivity contribution in [3.05, 3.63) is 71.7 Å². The molecule has 2 aromatic carbocycles. The number of rotatable bonds is 3. The summed E-state index contributed by atoms with van der Waals surface area (Å²) in [6, 6.07) is 8.45. The van der Waals surface area contributed by atoms with Crippen molar-refractivity contribution in [2.45, 2.75) is 25.8 Å². The van der Waals surface area contributed by atoms with Crippen molar-refractivity contribution in [1.82, 2.24) is 21.9 Å². The minimum atomic E-state index is -4.48. The first-order valence-electron chi connectivity index (χ1n) is 8.80. The summed E-state index contributed by atoms with van der Waals surface area (Å²) in [5.41, 5.74) is 0.486. The third-order valence-corrected chi connectivity index (χ3v) is 4.61. The van der Waals surface area contributed by atoms with E-state index < -0.39 is 29.7 Å². The van der Waals surface area contributed by atoms with E-state index in [4.69, 9.17) is 0 Å². The zero-order valence-electron chi connectivity index (χ0n) is 16.6. The lowest BCUT2D eigenvalue weighted by molar-refractivity contribution is -0.137. The van der Waals surface area contributed by atoms with Crippen LogP contribution in [-0.4, -0.2) is 15.8 Å². The summed E-state index contributed by atoms with van der Waals surface area (Å²) >= 11 is 0. The topological polar surface area (TPSA) is 103 Å². The van der Waals surface area contributed by atoms with E-state index >= 15 is 0 Å². The first-order valence-corrected chi connectivity index (χ1v) is 8.80. The van der Waals surface area contributed by atoms with Gasteiger partial charge in [0, 0.05) is 18.3 Å². The highest BCUT2D eigenvalue weighted by molar-refractivity contribution is 5.80. The van der Waals surface area contributed by atoms with Gasteiger partial charge >= 0.3 is 6.18 Å². The molecule has 1 atom stereocenters. The molecule has 11 heteroatoms. The van der Waals surface area contributed by atoms with Crippen molar-refractivity contribution in [2.75, 3.05) is 4.90 Å². The van der Waals surface area contributed by atoms with Gasteiger partial charge in [0.15, 0.2) is 5.83 Å². The van der Waals surface area contributed by atoms with E-state index in [2.05, 4.69) is 9.98 Å². The van der Waals surface area contributed by atoms with E-state index in [1.807, 2.05) is 6.92 Å². The van der Waals surface area contributed by atoms with Crippen molar-refractivity contribution < 1.29 is 22.0 Å². The SMILES string of the molecule is CCc1nc2ccc(F)cc2n1C1N=CC(F)=CN1c1ccc(C(F)(F)F)cc1.N.N. The Morgan fingerprint density at radius 1 is 1.00 bits per heavy atom. The maximum absolute atomic E-state index is 14.0. The first kappa shape index (κ1) is 24.0. The van der Waals surface area contributed by atoms with Gasteiger partial charge in [0.25, 0.3) is 0 Å². The molecule has 0 bridgehead atoms. The molecule has 1 aromatic heterocycles. The van der Waals surface area contributed by atoms with Gasteiger partial charge < -0.3 is 17.2 Å². The van der Waals surface area contributed by atoms with E-state index in [0.717, 1.165) is 24.5 Å². The lowest BCUT2D eigenvalue weighted by Gasteiger charge is -2.32. The van der Waals surface area contributed by atoms with Crippen LogP contribution in [0.15, 0.2) is 59.5 Å². The lowest BCUT2D eigenvalue weighted by atomic mass is 10.2. The number of benzene rings is 2. The molecule has 2 heterocycles. The molecule has 3 aromatic rings. The Morgan fingerprint density at radius 3 is 2.29 bits per heavy atom. The normalized spacial score (nSPS) is 16.0. The van der Waals surface area contributed by atoms with E-state index in [1.165, 1.54) is 35.2 Å². The van der Waals surface area contributed by atoms with Crippen molar-refractivity contribution in [1.29, 1.82) is 0 Å². The van der Waals surface area contributed by atoms with Gasteiger partial charge in [-0.15, -0.1) is 0 Å². The Kier molecular flexibility index (Phi) is 6.82. The standard InChI is InChI=1S/C20H15F5N4.2H3N/c1-2-18-27-16-8-5-13(21)9-17(16)29(18)19-26-10-14(22)11-28(19)15-6-3-12(4-7-15)20(23,24)25;;/h3-11,19H,2H2,1H3;2*1H3. The van der Waals surface area contributed by atoms with Crippen molar-refractivity contribution in [3.8, 4) is 0 Å². The molecule has 0 fully saturated rings. The minimum Gasteiger partial charge on any atom is -0.344 e. The molecule has 1 unspecified atom stereocenters. The van der Waals surface area contributed by atoms with Crippen LogP contribution < -0.4 is 17.2 Å². The number of fused-ring (bicyclic) bond motifs is 1. The fourth-order valence-electron chi connectivity index (χ4n) is 3.29. The number of imidazole rings is 1. The number of anilines is 1. The predicted octanol–water partition coefficient (Wildman–Crippen LogP) is 5.94. The quantitative estimate of drug-likeness (QED) is 0.492. The van der Waals surface area contributed by atoms with Crippen molar-refractivity contribution in [3.63, 3.8) is 0 Å². The molecule has 0 amide bonds. The second-order valence-corrected chi connectivity index (χ2v) is 6.48. The molecule has 166 valence electrons. The molecule has 4 rings (SSSR count). The molecular formula is C20H21F5N6. The fraction of sp³-hybridized carbons (Fsp3) is 0.200. The van der Waals surface area contributed by atoms with Crippen LogP contribution in [0.1, 0.15) is 24.6 Å². The van der Waals surface area contributed by atoms with E-state index in [1.54, 1.807) is 4.57 Å². The number of aryl methyl sites for hydroxylation is 1. The summed E-state index contributed by atoms with van der Waals surface area (Å²) in [4.78, 5) is 10.1. The van der Waals surface area contributed by atoms with Crippen LogP contribution in [-0.2, 0) is 12.6 Å². The van der Waals surface area contributed by atoms with Crippen LogP contribution in [0.2, 0.25) is 0 Å². The summed E-state index contributed by atoms with van der Waals surface area (Å²) < 4.78 is 68.1. The number of hydrogen-bond acceptors (Lipinski definition) is 5. The molecule has 0 spiro atoms. The molecular weight excluding hydrogens is 419 g/mol. The van der Waals surface area contributed by atoms with Gasteiger partial charge in [0.2, 0.25) is 6.29 Å². The highest BCUT2D eigenvalue weighted by atomic mass is 19.4. The van der Waals surface area contributed by atoms with Gasteiger partial charge in [0.1, 0.15) is 11.6 Å². The summed E-state index contributed by atoms with van der Waals surface area (Å²) in [7, 11) is 0. The van der Waals surface area contributed by atoms with Crippen LogP contribution in [0.3, 0.4) is 0 Å². The zero-order chi connectivity index (χ0) is 20.8. The number of aromatic nitrogens is 2. The number of halogens is 5. The molecule has 0 radical (unpaired) electrons. The Morgan fingerprint density at radius 2 is 1.68 bits per heavy atom. The van der Waals surface area contributed by atoms with Crippen LogP contribution >= 0.6 is 0 Å². The largest absolute Gasteiger partial charge is 0.416 e. The molecule has 31 heavy (non-hydrogen) atoms. The molecule has 6 nitrogen and oxygen atoms in total. The fourth-order valence-corrected chi connectivity index (χ4v) is 3.29. The monoisotopic (exact) mass is 440 g/mol. The summed E-state index contributed by atoms with van der Waals surface area (Å²) in [6.07, 6.45) is -2.68. The number of alkyl halides is 3. The maximum atomic E-state index is 14.0. The van der Waals surface area contributed by atoms with Crippen LogP contribution in [0.25, 0.3) is 11.0 Å². The second-order valence-electron chi connectivity index (χ2n) is 6.48. The van der Waals surface area contributed by atoms with E-state index in [0.29, 0.717) is 29.0 Å². The third kappa shape index (κ3) is 4.42. The van der Waals surface area contributed by atoms with Crippen LogP contribution in [0.5, 0.6) is 0 Å².